The van der Waals surface area contributed by atoms with Gasteiger partial charge in [0.1, 0.15) is 0 Å². The van der Waals surface area contributed by atoms with Gasteiger partial charge in [0.05, 0.1) is 0 Å². The maximum absolute atomic E-state index is 11.1. The third-order valence-electron chi connectivity index (χ3n) is 2.38. The molecule has 84 valence electrons. The summed E-state index contributed by atoms with van der Waals surface area (Å²) in [4.78, 5) is 0. The summed E-state index contributed by atoms with van der Waals surface area (Å²) in [6.45, 7) is 2.05. The van der Waals surface area contributed by atoms with E-state index in [0.29, 0.717) is 16.3 Å². The predicted octanol–water partition coefficient (Wildman–Crippen LogP) is 0.760. The molecule has 15 heavy (non-hydrogen) atoms. The van der Waals surface area contributed by atoms with Crippen LogP contribution in [0.15, 0.2) is 24.3 Å². The minimum absolute atomic E-state index is 0.445. The van der Waals surface area contributed by atoms with Crippen LogP contribution in [-0.4, -0.2) is 24.1 Å². The number of aliphatic hydroxyl groups is 1. The zero-order valence-corrected chi connectivity index (χ0v) is 10.9. The first-order valence-electron chi connectivity index (χ1n) is 5.17. The third-order valence-corrected chi connectivity index (χ3v) is 4.30. The van der Waals surface area contributed by atoms with Gasteiger partial charge in [0.15, 0.2) is 0 Å². The predicted molar refractivity (Wildman–Crippen MR) is 60.6 cm³/mol. The van der Waals surface area contributed by atoms with Crippen LogP contribution in [0.5, 0.6) is 0 Å². The van der Waals surface area contributed by atoms with Crippen molar-refractivity contribution in [3.8, 4) is 0 Å². The number of unbranched alkanes of at least 4 members (excludes halogenated alkanes) is 1. The molecule has 2 N–H and O–H groups in total. The van der Waals surface area contributed by atoms with Crippen molar-refractivity contribution in [2.24, 2.45) is 0 Å². The molecule has 0 aliphatic carbocycles. The monoisotopic (exact) mass is 272 g/mol. The second kappa shape index (κ2) is 6.16. The van der Waals surface area contributed by atoms with Crippen molar-refractivity contribution < 1.29 is 12.9 Å². The van der Waals surface area contributed by atoms with Gasteiger partial charge in [-0.1, -0.05) is 0 Å². The van der Waals surface area contributed by atoms with Crippen molar-refractivity contribution in [2.45, 2.75) is 32.3 Å². The van der Waals surface area contributed by atoms with E-state index in [-0.39, 0.29) is 0 Å². The molecule has 0 saturated carbocycles. The Hall–Kier alpha value is -0.502. The molecule has 0 heterocycles. The third kappa shape index (κ3) is 3.53. The molecular formula is C11H17AsO3. The van der Waals surface area contributed by atoms with E-state index in [0.717, 1.165) is 12.8 Å². The second-order valence-corrected chi connectivity index (χ2v) is 5.96. The molecule has 0 aromatic heterocycles. The van der Waals surface area contributed by atoms with Crippen molar-refractivity contribution in [3.63, 3.8) is 0 Å². The second-order valence-electron chi connectivity index (χ2n) is 3.55. The van der Waals surface area contributed by atoms with E-state index in [1.54, 1.807) is 24.3 Å². The van der Waals surface area contributed by atoms with Gasteiger partial charge in [-0.15, -0.1) is 0 Å². The van der Waals surface area contributed by atoms with Crippen LogP contribution in [0.25, 0.3) is 0 Å². The molecule has 0 fully saturated rings. The van der Waals surface area contributed by atoms with Crippen molar-refractivity contribution in [3.05, 3.63) is 29.8 Å². The first kappa shape index (κ1) is 12.6. The van der Waals surface area contributed by atoms with E-state index in [9.17, 15) is 12.9 Å². The van der Waals surface area contributed by atoms with Crippen LogP contribution in [-0.2, 0) is 3.74 Å². The van der Waals surface area contributed by atoms with Gasteiger partial charge in [-0.3, -0.25) is 0 Å². The van der Waals surface area contributed by atoms with E-state index in [4.69, 9.17) is 0 Å². The Labute approximate surface area is 94.6 Å². The molecule has 0 aliphatic rings. The fraction of sp³-hybridized carbons (Fsp3) is 0.455. The molecule has 0 saturated heterocycles. The maximum atomic E-state index is 11.1. The Morgan fingerprint density at radius 2 is 2.07 bits per heavy atom. The topological polar surface area (TPSA) is 57.5 Å². The van der Waals surface area contributed by atoms with Gasteiger partial charge in [0.2, 0.25) is 0 Å². The first-order chi connectivity index (χ1) is 7.16. The van der Waals surface area contributed by atoms with E-state index in [2.05, 4.69) is 6.92 Å². The summed E-state index contributed by atoms with van der Waals surface area (Å²) in [7, 11) is 0. The number of aliphatic hydroxyl groups excluding tert-OH is 1. The molecule has 0 aliphatic heterocycles. The molecule has 4 heteroatoms. The molecule has 0 bridgehead atoms. The molecule has 1 aromatic rings. The van der Waals surface area contributed by atoms with Crippen molar-refractivity contribution in [1.82, 2.24) is 0 Å². The molecule has 0 amide bonds. The number of benzene rings is 1. The van der Waals surface area contributed by atoms with Crippen LogP contribution >= 0.6 is 0 Å². The van der Waals surface area contributed by atoms with Gasteiger partial charge in [0.25, 0.3) is 0 Å². The van der Waals surface area contributed by atoms with Gasteiger partial charge >= 0.3 is 94.3 Å². The molecular weight excluding hydrogens is 255 g/mol. The Balaban J connectivity index is 2.87. The molecule has 1 aromatic carbocycles. The molecule has 0 radical (unpaired) electrons. The quantitative estimate of drug-likeness (QED) is 0.778. The SMILES string of the molecule is CCCCC(O)c1ccccc1[AsH](=O)O. The molecule has 3 nitrogen and oxygen atoms in total. The van der Waals surface area contributed by atoms with Gasteiger partial charge in [-0.05, 0) is 0 Å². The summed E-state index contributed by atoms with van der Waals surface area (Å²) in [5.74, 6) is 0. The Morgan fingerprint density at radius 3 is 2.67 bits per heavy atom. The molecule has 1 rings (SSSR count). The number of rotatable bonds is 5. The van der Waals surface area contributed by atoms with Gasteiger partial charge in [0, 0.05) is 0 Å². The van der Waals surface area contributed by atoms with Gasteiger partial charge < -0.3 is 0 Å². The molecule has 2 unspecified atom stereocenters. The van der Waals surface area contributed by atoms with Gasteiger partial charge in [-0.2, -0.15) is 0 Å². The molecule has 2 atom stereocenters. The van der Waals surface area contributed by atoms with E-state index >= 15 is 0 Å². The zero-order chi connectivity index (χ0) is 11.3. The number of hydrogen-bond acceptors (Lipinski definition) is 2. The van der Waals surface area contributed by atoms with Crippen molar-refractivity contribution in [2.75, 3.05) is 0 Å². The van der Waals surface area contributed by atoms with Crippen molar-refractivity contribution in [1.29, 1.82) is 0 Å². The van der Waals surface area contributed by atoms with Crippen LogP contribution in [0.1, 0.15) is 37.9 Å². The van der Waals surface area contributed by atoms with Crippen molar-refractivity contribution >= 4 is 19.3 Å². The first-order valence-corrected chi connectivity index (χ1v) is 8.01. The zero-order valence-electron chi connectivity index (χ0n) is 8.81. The summed E-state index contributed by atoms with van der Waals surface area (Å²) in [5, 5.41) is 9.86. The standard InChI is InChI=1S/C11H17AsO3/c1-2-3-8-11(13)9-6-4-5-7-10(9)12(14)15/h4-7,11-13H,2-3,8H2,1H3,(H,14,15). The Kier molecular flexibility index (Phi) is 5.16. The summed E-state index contributed by atoms with van der Waals surface area (Å²) in [6, 6.07) is 6.88. The minimum atomic E-state index is -3.33. The average molecular weight is 272 g/mol. The van der Waals surface area contributed by atoms with Crippen LogP contribution < -0.4 is 4.35 Å². The summed E-state index contributed by atoms with van der Waals surface area (Å²) >= 11 is -3.33. The van der Waals surface area contributed by atoms with E-state index in [1.807, 2.05) is 0 Å². The fourth-order valence-corrected chi connectivity index (χ4v) is 3.08. The Morgan fingerprint density at radius 1 is 1.40 bits per heavy atom. The fourth-order valence-electron chi connectivity index (χ4n) is 1.54. The van der Waals surface area contributed by atoms with E-state index in [1.165, 1.54) is 0 Å². The summed E-state index contributed by atoms with van der Waals surface area (Å²) in [5.41, 5.74) is 0.624. The Bertz CT molecular complexity index is 338. The molecule has 0 spiro atoms. The van der Waals surface area contributed by atoms with Crippen LogP contribution in [0, 0.1) is 0 Å². The van der Waals surface area contributed by atoms with Crippen LogP contribution in [0.3, 0.4) is 0 Å². The van der Waals surface area contributed by atoms with E-state index < -0.39 is 21.0 Å². The summed E-state index contributed by atoms with van der Waals surface area (Å²) in [6.07, 6.45) is 1.98. The van der Waals surface area contributed by atoms with Crippen LogP contribution in [0.4, 0.5) is 0 Å². The number of hydrogen-bond donors (Lipinski definition) is 2. The van der Waals surface area contributed by atoms with Gasteiger partial charge in [-0.25, -0.2) is 0 Å². The van der Waals surface area contributed by atoms with Crippen LogP contribution in [0.2, 0.25) is 0 Å². The summed E-state index contributed by atoms with van der Waals surface area (Å²) < 4.78 is 20.8. The average Bonchev–Trinajstić information content (AvgIpc) is 2.25. The normalized spacial score (nSPS) is 14.9.